The molecular formula is C26H32N6O4S. The second kappa shape index (κ2) is 13.9. The van der Waals surface area contributed by atoms with Gasteiger partial charge in [0.2, 0.25) is 11.9 Å². The molecule has 0 bridgehead atoms. The standard InChI is InChI=1S/C26H32N6O4S/c1-16(19-11-8-12-20(15-19)22(34)18-9-6-5-7-10-18)24(36)37-14-13-21(29-17(2)33)23(35)30-25(27)31-26(28)32(3)4/h5-12,15-16,21H,13-14H2,1-4H3,(H,29,33)(H4,27,28,30,31,35). The van der Waals surface area contributed by atoms with Crippen LogP contribution < -0.4 is 16.8 Å². The van der Waals surface area contributed by atoms with Crippen LogP contribution in [0.1, 0.15) is 47.7 Å². The van der Waals surface area contributed by atoms with Crippen molar-refractivity contribution in [1.82, 2.24) is 10.2 Å². The molecule has 5 N–H and O–H groups in total. The highest BCUT2D eigenvalue weighted by Crippen LogP contribution is 2.24. The molecular weight excluding hydrogens is 492 g/mol. The van der Waals surface area contributed by atoms with E-state index in [9.17, 15) is 19.2 Å². The van der Waals surface area contributed by atoms with Crippen molar-refractivity contribution in [3.05, 3.63) is 71.3 Å². The maximum absolute atomic E-state index is 12.9. The predicted molar refractivity (Wildman–Crippen MR) is 146 cm³/mol. The van der Waals surface area contributed by atoms with Crippen LogP contribution >= 0.6 is 11.8 Å². The first kappa shape index (κ1) is 29.2. The molecule has 0 saturated heterocycles. The molecule has 0 radical (unpaired) electrons. The number of guanidine groups is 2. The number of thioether (sulfide) groups is 1. The van der Waals surface area contributed by atoms with Crippen LogP contribution in [0.2, 0.25) is 0 Å². The number of rotatable bonds is 9. The van der Waals surface area contributed by atoms with E-state index >= 15 is 0 Å². The number of ketones is 1. The second-order valence-corrected chi connectivity index (χ2v) is 9.52. The average molecular weight is 525 g/mol. The molecule has 37 heavy (non-hydrogen) atoms. The van der Waals surface area contributed by atoms with Gasteiger partial charge in [0.25, 0.3) is 5.91 Å². The summed E-state index contributed by atoms with van der Waals surface area (Å²) in [5.41, 5.74) is 13.1. The van der Waals surface area contributed by atoms with Crippen molar-refractivity contribution in [2.24, 2.45) is 21.5 Å². The Morgan fingerprint density at radius 3 is 2.24 bits per heavy atom. The summed E-state index contributed by atoms with van der Waals surface area (Å²) in [6, 6.07) is 14.9. The first-order valence-corrected chi connectivity index (χ1v) is 12.5. The van der Waals surface area contributed by atoms with Gasteiger partial charge in [-0.2, -0.15) is 9.98 Å². The molecule has 2 unspecified atom stereocenters. The fourth-order valence-corrected chi connectivity index (χ4v) is 4.12. The number of aliphatic imine (C=N–C) groups is 2. The van der Waals surface area contributed by atoms with Crippen LogP contribution in [0, 0.1) is 0 Å². The van der Waals surface area contributed by atoms with Crippen molar-refractivity contribution in [2.75, 3.05) is 19.8 Å². The van der Waals surface area contributed by atoms with Crippen molar-refractivity contribution < 1.29 is 19.2 Å². The zero-order valence-corrected chi connectivity index (χ0v) is 22.1. The van der Waals surface area contributed by atoms with Crippen LogP contribution in [-0.4, -0.2) is 65.4 Å². The van der Waals surface area contributed by atoms with E-state index in [1.807, 2.05) is 6.07 Å². The van der Waals surface area contributed by atoms with E-state index in [0.29, 0.717) is 16.7 Å². The molecule has 11 heteroatoms. The third-order valence-electron chi connectivity index (χ3n) is 5.28. The van der Waals surface area contributed by atoms with Crippen LogP contribution in [-0.2, 0) is 14.4 Å². The number of nitrogens with zero attached hydrogens (tertiary/aromatic N) is 3. The van der Waals surface area contributed by atoms with Gasteiger partial charge >= 0.3 is 0 Å². The summed E-state index contributed by atoms with van der Waals surface area (Å²) >= 11 is 1.03. The molecule has 2 amide bonds. The molecule has 0 heterocycles. The number of nitrogens with one attached hydrogen (secondary N) is 1. The highest BCUT2D eigenvalue weighted by molar-refractivity contribution is 8.13. The maximum Gasteiger partial charge on any atom is 0.271 e. The van der Waals surface area contributed by atoms with E-state index < -0.39 is 23.8 Å². The summed E-state index contributed by atoms with van der Waals surface area (Å²) in [5.74, 6) is -1.75. The lowest BCUT2D eigenvalue weighted by Gasteiger charge is -2.15. The number of carbonyl (C=O) groups excluding carboxylic acids is 4. The van der Waals surface area contributed by atoms with Gasteiger partial charge in [-0.15, -0.1) is 0 Å². The number of hydrogen-bond acceptors (Lipinski definition) is 5. The van der Waals surface area contributed by atoms with E-state index in [-0.39, 0.29) is 35.0 Å². The van der Waals surface area contributed by atoms with Crippen LogP contribution in [0.5, 0.6) is 0 Å². The molecule has 0 aromatic heterocycles. The Bertz CT molecular complexity index is 1200. The monoisotopic (exact) mass is 524 g/mol. The topological polar surface area (TPSA) is 160 Å². The number of hydrogen-bond donors (Lipinski definition) is 3. The molecule has 0 aliphatic rings. The smallest absolute Gasteiger partial charge is 0.271 e. The fraction of sp³-hybridized carbons (Fsp3) is 0.308. The molecule has 0 saturated carbocycles. The highest BCUT2D eigenvalue weighted by Gasteiger charge is 2.22. The van der Waals surface area contributed by atoms with Crippen LogP contribution in [0.4, 0.5) is 0 Å². The van der Waals surface area contributed by atoms with Gasteiger partial charge in [-0.1, -0.05) is 67.2 Å². The minimum atomic E-state index is -0.978. The lowest BCUT2D eigenvalue weighted by atomic mass is 9.96. The summed E-state index contributed by atoms with van der Waals surface area (Å²) in [6.45, 7) is 3.04. The largest absolute Gasteiger partial charge is 0.369 e. The Morgan fingerprint density at radius 1 is 0.973 bits per heavy atom. The summed E-state index contributed by atoms with van der Waals surface area (Å²) in [4.78, 5) is 58.8. The molecule has 196 valence electrons. The Balaban J connectivity index is 2.03. The lowest BCUT2D eigenvalue weighted by molar-refractivity contribution is -0.126. The molecule has 0 aliphatic heterocycles. The van der Waals surface area contributed by atoms with Gasteiger partial charge in [-0.25, -0.2) is 0 Å². The molecule has 2 aromatic rings. The van der Waals surface area contributed by atoms with Gasteiger partial charge in [0, 0.05) is 37.9 Å². The van der Waals surface area contributed by atoms with Gasteiger partial charge < -0.3 is 21.7 Å². The summed E-state index contributed by atoms with van der Waals surface area (Å²) in [7, 11) is 3.31. The Morgan fingerprint density at radius 2 is 1.62 bits per heavy atom. The van der Waals surface area contributed by atoms with Crippen molar-refractivity contribution >= 4 is 46.4 Å². The summed E-state index contributed by atoms with van der Waals surface area (Å²) < 4.78 is 0. The van der Waals surface area contributed by atoms with Gasteiger partial charge in [0.15, 0.2) is 16.9 Å². The van der Waals surface area contributed by atoms with Crippen molar-refractivity contribution in [3.8, 4) is 0 Å². The number of benzene rings is 2. The van der Waals surface area contributed by atoms with E-state index in [4.69, 9.17) is 11.5 Å². The number of carbonyl (C=O) groups is 4. The third-order valence-corrected chi connectivity index (χ3v) is 6.35. The quantitative estimate of drug-likeness (QED) is 0.255. The predicted octanol–water partition coefficient (Wildman–Crippen LogP) is 1.89. The van der Waals surface area contributed by atoms with Gasteiger partial charge in [-0.05, 0) is 18.1 Å². The van der Waals surface area contributed by atoms with E-state index in [0.717, 1.165) is 11.8 Å². The Hall–Kier alpha value is -3.99. The molecule has 10 nitrogen and oxygen atoms in total. The minimum Gasteiger partial charge on any atom is -0.369 e. The van der Waals surface area contributed by atoms with E-state index in [2.05, 4.69) is 15.3 Å². The van der Waals surface area contributed by atoms with Crippen LogP contribution in [0.25, 0.3) is 0 Å². The second-order valence-electron chi connectivity index (χ2n) is 8.42. The van der Waals surface area contributed by atoms with Crippen molar-refractivity contribution in [3.63, 3.8) is 0 Å². The fourth-order valence-electron chi connectivity index (χ4n) is 3.18. The first-order chi connectivity index (χ1) is 17.5. The summed E-state index contributed by atoms with van der Waals surface area (Å²) in [6.07, 6.45) is 0.151. The lowest BCUT2D eigenvalue weighted by Crippen LogP contribution is -2.40. The van der Waals surface area contributed by atoms with Crippen molar-refractivity contribution in [2.45, 2.75) is 32.2 Å². The average Bonchev–Trinajstić information content (AvgIpc) is 2.87. The normalized spacial score (nSPS) is 13.4. The van der Waals surface area contributed by atoms with E-state index in [1.165, 1.54) is 11.8 Å². The summed E-state index contributed by atoms with van der Waals surface area (Å²) in [5, 5.41) is 2.39. The first-order valence-electron chi connectivity index (χ1n) is 11.5. The van der Waals surface area contributed by atoms with Gasteiger partial charge in [-0.3, -0.25) is 19.2 Å². The third kappa shape index (κ3) is 9.19. The van der Waals surface area contributed by atoms with Crippen LogP contribution in [0.3, 0.4) is 0 Å². The number of nitrogens with two attached hydrogens (primary N) is 2. The molecule has 2 rings (SSSR count). The molecule has 2 atom stereocenters. The Kier molecular flexibility index (Phi) is 11.0. The number of amides is 2. The van der Waals surface area contributed by atoms with Crippen molar-refractivity contribution in [1.29, 1.82) is 0 Å². The zero-order chi connectivity index (χ0) is 27.5. The SMILES string of the molecule is CC(=O)NC(CCSC(=O)C(C)c1cccc(C(=O)c2ccccc2)c1)C(=O)N=C(N)N=C(N)N(C)C. The maximum atomic E-state index is 12.9. The van der Waals surface area contributed by atoms with Crippen LogP contribution in [0.15, 0.2) is 64.6 Å². The Labute approximate surface area is 220 Å². The van der Waals surface area contributed by atoms with Gasteiger partial charge in [0.05, 0.1) is 5.92 Å². The molecule has 0 spiro atoms. The molecule has 2 aromatic carbocycles. The molecule has 0 aliphatic carbocycles. The van der Waals surface area contributed by atoms with Gasteiger partial charge in [0.1, 0.15) is 6.04 Å². The highest BCUT2D eigenvalue weighted by atomic mass is 32.2. The minimum absolute atomic E-state index is 0.0646. The zero-order valence-electron chi connectivity index (χ0n) is 21.3. The van der Waals surface area contributed by atoms with E-state index in [1.54, 1.807) is 69.6 Å². The molecule has 0 fully saturated rings.